The van der Waals surface area contributed by atoms with Crippen molar-refractivity contribution in [3.8, 4) is 11.4 Å². The number of rotatable bonds is 4. The van der Waals surface area contributed by atoms with Crippen molar-refractivity contribution in [2.75, 3.05) is 5.32 Å². The van der Waals surface area contributed by atoms with Gasteiger partial charge in [-0.2, -0.15) is 10.2 Å². The molecule has 26 heavy (non-hydrogen) atoms. The summed E-state index contributed by atoms with van der Waals surface area (Å²) in [5, 5.41) is 12.2. The monoisotopic (exact) mass is 350 g/mol. The molecule has 7 nitrogen and oxygen atoms in total. The molecular formula is C19H22N6O. The average molecular weight is 350 g/mol. The smallest absolute Gasteiger partial charge is 0.226 e. The highest BCUT2D eigenvalue weighted by molar-refractivity contribution is 5.95. The van der Waals surface area contributed by atoms with Crippen LogP contribution in [0.1, 0.15) is 35.7 Å². The van der Waals surface area contributed by atoms with Crippen LogP contribution >= 0.6 is 0 Å². The first kappa shape index (κ1) is 16.5. The summed E-state index contributed by atoms with van der Waals surface area (Å²) < 4.78 is 3.76. The average Bonchev–Trinajstić information content (AvgIpc) is 3.12. The van der Waals surface area contributed by atoms with Crippen LogP contribution in [-0.4, -0.2) is 30.5 Å². The van der Waals surface area contributed by atoms with E-state index in [1.54, 1.807) is 10.9 Å². The van der Waals surface area contributed by atoms with Gasteiger partial charge < -0.3 is 5.32 Å². The molecular weight excluding hydrogens is 328 g/mol. The summed E-state index contributed by atoms with van der Waals surface area (Å²) in [6.07, 6.45) is 3.05. The molecule has 0 unspecified atom stereocenters. The molecule has 0 saturated carbocycles. The van der Waals surface area contributed by atoms with Crippen LogP contribution in [0.15, 0.2) is 30.5 Å². The van der Waals surface area contributed by atoms with Crippen molar-refractivity contribution in [1.29, 1.82) is 0 Å². The molecule has 1 amide bonds. The van der Waals surface area contributed by atoms with Crippen molar-refractivity contribution in [2.24, 2.45) is 7.05 Å². The van der Waals surface area contributed by atoms with E-state index in [0.717, 1.165) is 47.1 Å². The molecule has 7 heteroatoms. The number of hydrogen-bond acceptors (Lipinski definition) is 4. The quantitative estimate of drug-likeness (QED) is 0.785. The van der Waals surface area contributed by atoms with Crippen LogP contribution < -0.4 is 5.32 Å². The van der Waals surface area contributed by atoms with Gasteiger partial charge in [0.15, 0.2) is 0 Å². The molecule has 0 aromatic carbocycles. The Labute approximate surface area is 152 Å². The van der Waals surface area contributed by atoms with Gasteiger partial charge in [-0.1, -0.05) is 6.07 Å². The lowest BCUT2D eigenvalue weighted by atomic mass is 9.88. The number of nitrogens with one attached hydrogen (secondary N) is 1. The largest absolute Gasteiger partial charge is 0.311 e. The van der Waals surface area contributed by atoms with Gasteiger partial charge in [-0.15, -0.1) is 0 Å². The standard InChI is InChI=1S/C19H22N6O/c1-12-10-13(2)25(22-12)9-7-14-11-16(26)21-19-17(14)18(23-24(19)3)15-6-4-5-8-20-15/h4-6,8,10,14H,7,9,11H2,1-3H3,(H,21,26)/t14-/m0/s1. The van der Waals surface area contributed by atoms with Crippen molar-refractivity contribution in [2.45, 2.75) is 39.2 Å². The van der Waals surface area contributed by atoms with Crippen LogP contribution in [0.25, 0.3) is 11.4 Å². The number of carbonyl (C=O) groups excluding carboxylic acids is 1. The Morgan fingerprint density at radius 3 is 2.81 bits per heavy atom. The highest BCUT2D eigenvalue weighted by Crippen LogP contribution is 2.40. The van der Waals surface area contributed by atoms with E-state index in [4.69, 9.17) is 0 Å². The van der Waals surface area contributed by atoms with Gasteiger partial charge in [0, 0.05) is 43.4 Å². The number of aromatic nitrogens is 5. The topological polar surface area (TPSA) is 77.6 Å². The van der Waals surface area contributed by atoms with Crippen LogP contribution in [0, 0.1) is 13.8 Å². The molecule has 1 N–H and O–H groups in total. The van der Waals surface area contributed by atoms with E-state index >= 15 is 0 Å². The van der Waals surface area contributed by atoms with Gasteiger partial charge in [0.1, 0.15) is 11.5 Å². The summed E-state index contributed by atoms with van der Waals surface area (Å²) in [6.45, 7) is 4.83. The van der Waals surface area contributed by atoms with Crippen molar-refractivity contribution in [1.82, 2.24) is 24.5 Å². The second-order valence-corrected chi connectivity index (χ2v) is 6.84. The Bertz CT molecular complexity index is 956. The van der Waals surface area contributed by atoms with E-state index in [-0.39, 0.29) is 11.8 Å². The molecule has 3 aromatic rings. The second-order valence-electron chi connectivity index (χ2n) is 6.84. The number of amides is 1. The van der Waals surface area contributed by atoms with E-state index < -0.39 is 0 Å². The van der Waals surface area contributed by atoms with Gasteiger partial charge in [-0.3, -0.25) is 19.1 Å². The number of fused-ring (bicyclic) bond motifs is 1. The summed E-state index contributed by atoms with van der Waals surface area (Å²) in [6, 6.07) is 7.87. The lowest BCUT2D eigenvalue weighted by molar-refractivity contribution is -0.116. The number of nitrogens with zero attached hydrogens (tertiary/aromatic N) is 5. The number of carbonyl (C=O) groups is 1. The molecule has 134 valence electrons. The summed E-state index contributed by atoms with van der Waals surface area (Å²) in [4.78, 5) is 16.7. The van der Waals surface area contributed by atoms with E-state index in [2.05, 4.69) is 33.5 Å². The molecule has 4 rings (SSSR count). The summed E-state index contributed by atoms with van der Waals surface area (Å²) in [5.74, 6) is 0.903. The van der Waals surface area contributed by atoms with Gasteiger partial charge in [0.05, 0.1) is 11.4 Å². The van der Waals surface area contributed by atoms with Gasteiger partial charge in [0.25, 0.3) is 0 Å². The summed E-state index contributed by atoms with van der Waals surface area (Å²) in [7, 11) is 1.86. The minimum absolute atomic E-state index is 0.0337. The Morgan fingerprint density at radius 1 is 1.27 bits per heavy atom. The zero-order chi connectivity index (χ0) is 18.3. The third kappa shape index (κ3) is 2.89. The van der Waals surface area contributed by atoms with Crippen LogP contribution in [0.2, 0.25) is 0 Å². The van der Waals surface area contributed by atoms with Crippen molar-refractivity contribution < 1.29 is 4.79 Å². The maximum absolute atomic E-state index is 12.2. The molecule has 4 heterocycles. The van der Waals surface area contributed by atoms with Crippen LogP contribution in [0.5, 0.6) is 0 Å². The van der Waals surface area contributed by atoms with E-state index in [9.17, 15) is 4.79 Å². The van der Waals surface area contributed by atoms with E-state index in [1.165, 1.54) is 0 Å². The Kier molecular flexibility index (Phi) is 4.06. The van der Waals surface area contributed by atoms with E-state index in [1.807, 2.05) is 36.9 Å². The number of aryl methyl sites for hydroxylation is 4. The first-order chi connectivity index (χ1) is 12.5. The molecule has 1 atom stereocenters. The van der Waals surface area contributed by atoms with Crippen LogP contribution in [0.4, 0.5) is 5.82 Å². The highest BCUT2D eigenvalue weighted by Gasteiger charge is 2.32. The molecule has 0 saturated heterocycles. The first-order valence-electron chi connectivity index (χ1n) is 8.82. The zero-order valence-electron chi connectivity index (χ0n) is 15.2. The lowest BCUT2D eigenvalue weighted by Gasteiger charge is -2.24. The maximum atomic E-state index is 12.2. The molecule has 3 aromatic heterocycles. The van der Waals surface area contributed by atoms with E-state index in [0.29, 0.717) is 6.42 Å². The Hall–Kier alpha value is -2.96. The van der Waals surface area contributed by atoms with Crippen molar-refractivity contribution in [3.63, 3.8) is 0 Å². The minimum atomic E-state index is 0.0337. The fourth-order valence-corrected chi connectivity index (χ4v) is 3.70. The molecule has 0 spiro atoms. The third-order valence-electron chi connectivity index (χ3n) is 4.88. The molecule has 0 radical (unpaired) electrons. The first-order valence-corrected chi connectivity index (χ1v) is 8.82. The molecule has 0 fully saturated rings. The lowest BCUT2D eigenvalue weighted by Crippen LogP contribution is -2.25. The van der Waals surface area contributed by atoms with Gasteiger partial charge in [-0.05, 0) is 38.5 Å². The third-order valence-corrected chi connectivity index (χ3v) is 4.88. The predicted octanol–water partition coefficient (Wildman–Crippen LogP) is 2.81. The fourth-order valence-electron chi connectivity index (χ4n) is 3.70. The van der Waals surface area contributed by atoms with Crippen molar-refractivity contribution >= 4 is 11.7 Å². The minimum Gasteiger partial charge on any atom is -0.311 e. The van der Waals surface area contributed by atoms with Gasteiger partial charge in [0.2, 0.25) is 5.91 Å². The maximum Gasteiger partial charge on any atom is 0.226 e. The second kappa shape index (κ2) is 6.40. The number of hydrogen-bond donors (Lipinski definition) is 1. The number of pyridine rings is 1. The molecule has 1 aliphatic rings. The van der Waals surface area contributed by atoms with Gasteiger partial charge in [-0.25, -0.2) is 0 Å². The van der Waals surface area contributed by atoms with Crippen LogP contribution in [-0.2, 0) is 18.4 Å². The highest BCUT2D eigenvalue weighted by atomic mass is 16.1. The molecule has 0 aliphatic carbocycles. The summed E-state index contributed by atoms with van der Waals surface area (Å²) in [5.41, 5.74) is 4.91. The zero-order valence-corrected chi connectivity index (χ0v) is 15.2. The van der Waals surface area contributed by atoms with Crippen molar-refractivity contribution in [3.05, 3.63) is 47.4 Å². The Balaban J connectivity index is 1.70. The number of anilines is 1. The fraction of sp³-hybridized carbons (Fsp3) is 0.368. The molecule has 0 bridgehead atoms. The Morgan fingerprint density at radius 2 is 2.12 bits per heavy atom. The summed E-state index contributed by atoms with van der Waals surface area (Å²) >= 11 is 0. The van der Waals surface area contributed by atoms with Gasteiger partial charge >= 0.3 is 0 Å². The van der Waals surface area contributed by atoms with Crippen LogP contribution in [0.3, 0.4) is 0 Å². The normalized spacial score (nSPS) is 16.4. The SMILES string of the molecule is Cc1cc(C)n(CC[C@H]2CC(=O)Nc3c2c(-c2ccccn2)nn3C)n1. The predicted molar refractivity (Wildman–Crippen MR) is 98.7 cm³/mol. The molecule has 1 aliphatic heterocycles.